The molecule has 2 rings (SSSR count). The lowest BCUT2D eigenvalue weighted by Gasteiger charge is -2.21. The van der Waals surface area contributed by atoms with Gasteiger partial charge in [0.2, 0.25) is 0 Å². The van der Waals surface area contributed by atoms with Gasteiger partial charge in [0.15, 0.2) is 6.61 Å². The number of methoxy groups -OCH3 is 1. The van der Waals surface area contributed by atoms with Crippen LogP contribution in [0, 0.1) is 0 Å². The number of hydrogen-bond acceptors (Lipinski definition) is 5. The molecular formula is C19H26N2O5. The Labute approximate surface area is 153 Å². The van der Waals surface area contributed by atoms with Crippen LogP contribution in [0.4, 0.5) is 4.79 Å². The first-order chi connectivity index (χ1) is 12.6. The van der Waals surface area contributed by atoms with Crippen LogP contribution in [0.25, 0.3) is 0 Å². The number of nitrogens with one attached hydrogen (secondary N) is 2. The van der Waals surface area contributed by atoms with E-state index < -0.39 is 24.5 Å². The van der Waals surface area contributed by atoms with Crippen LogP contribution < -0.4 is 10.6 Å². The third-order valence-corrected chi connectivity index (χ3v) is 4.40. The van der Waals surface area contributed by atoms with Crippen molar-refractivity contribution in [3.05, 3.63) is 35.4 Å². The predicted molar refractivity (Wildman–Crippen MR) is 96.0 cm³/mol. The molecular weight excluding hydrogens is 336 g/mol. The number of imide groups is 1. The van der Waals surface area contributed by atoms with Gasteiger partial charge in [-0.2, -0.15) is 0 Å². The standard InChI is InChI=1S/C19H26N2O5/c1-25-12-11-20-19(24)21-17(22)13-26-18(23)16-9-7-15(8-10-16)14-5-3-2-4-6-14/h7-10,14H,2-6,11-13H2,1H3,(H2,20,21,22,24). The zero-order valence-corrected chi connectivity index (χ0v) is 15.1. The molecule has 0 spiro atoms. The van der Waals surface area contributed by atoms with Crippen LogP contribution in [0.3, 0.4) is 0 Å². The molecule has 2 N–H and O–H groups in total. The second-order valence-corrected chi connectivity index (χ2v) is 6.33. The highest BCUT2D eigenvalue weighted by Crippen LogP contribution is 2.32. The fourth-order valence-electron chi connectivity index (χ4n) is 3.02. The van der Waals surface area contributed by atoms with E-state index in [1.807, 2.05) is 12.1 Å². The average molecular weight is 362 g/mol. The van der Waals surface area contributed by atoms with Gasteiger partial charge in [-0.1, -0.05) is 31.4 Å². The average Bonchev–Trinajstić information content (AvgIpc) is 2.67. The van der Waals surface area contributed by atoms with Crippen molar-refractivity contribution in [2.24, 2.45) is 0 Å². The van der Waals surface area contributed by atoms with E-state index in [1.54, 1.807) is 12.1 Å². The van der Waals surface area contributed by atoms with Gasteiger partial charge in [0.25, 0.3) is 5.91 Å². The Morgan fingerprint density at radius 2 is 1.77 bits per heavy atom. The van der Waals surface area contributed by atoms with E-state index in [0.29, 0.717) is 18.1 Å². The summed E-state index contributed by atoms with van der Waals surface area (Å²) in [6.45, 7) is 0.108. The monoisotopic (exact) mass is 362 g/mol. The zero-order valence-electron chi connectivity index (χ0n) is 15.1. The molecule has 26 heavy (non-hydrogen) atoms. The van der Waals surface area contributed by atoms with Crippen LogP contribution in [0.15, 0.2) is 24.3 Å². The summed E-state index contributed by atoms with van der Waals surface area (Å²) in [5.41, 5.74) is 1.63. The van der Waals surface area contributed by atoms with Crippen LogP contribution >= 0.6 is 0 Å². The Morgan fingerprint density at radius 3 is 2.42 bits per heavy atom. The number of hydrogen-bond donors (Lipinski definition) is 2. The minimum atomic E-state index is -0.688. The number of benzene rings is 1. The predicted octanol–water partition coefficient (Wildman–Crippen LogP) is 2.36. The second-order valence-electron chi connectivity index (χ2n) is 6.33. The number of esters is 1. The highest BCUT2D eigenvalue weighted by atomic mass is 16.5. The quantitative estimate of drug-likeness (QED) is 0.574. The van der Waals surface area contributed by atoms with Crippen molar-refractivity contribution >= 4 is 17.9 Å². The Balaban J connectivity index is 1.74. The lowest BCUT2D eigenvalue weighted by atomic mass is 9.84. The Bertz CT molecular complexity index is 609. The van der Waals surface area contributed by atoms with Gasteiger partial charge in [-0.3, -0.25) is 10.1 Å². The van der Waals surface area contributed by atoms with E-state index in [4.69, 9.17) is 9.47 Å². The maximum absolute atomic E-state index is 12.0. The molecule has 142 valence electrons. The van der Waals surface area contributed by atoms with E-state index in [1.165, 1.54) is 44.8 Å². The summed E-state index contributed by atoms with van der Waals surface area (Å²) < 4.78 is 9.72. The smallest absolute Gasteiger partial charge is 0.338 e. The number of urea groups is 1. The summed E-state index contributed by atoms with van der Waals surface area (Å²) in [6, 6.07) is 6.70. The summed E-state index contributed by atoms with van der Waals surface area (Å²) >= 11 is 0. The van der Waals surface area contributed by atoms with E-state index in [9.17, 15) is 14.4 Å². The molecule has 1 aromatic carbocycles. The Morgan fingerprint density at radius 1 is 1.08 bits per heavy atom. The van der Waals surface area contributed by atoms with Crippen molar-refractivity contribution in [2.75, 3.05) is 26.9 Å². The minimum Gasteiger partial charge on any atom is -0.452 e. The molecule has 3 amide bonds. The lowest BCUT2D eigenvalue weighted by Crippen LogP contribution is -2.42. The maximum atomic E-state index is 12.0. The van der Waals surface area contributed by atoms with E-state index in [-0.39, 0.29) is 6.54 Å². The van der Waals surface area contributed by atoms with Gasteiger partial charge in [-0.05, 0) is 36.5 Å². The summed E-state index contributed by atoms with van der Waals surface area (Å²) in [5.74, 6) is -0.710. The van der Waals surface area contributed by atoms with Crippen molar-refractivity contribution in [2.45, 2.75) is 38.0 Å². The van der Waals surface area contributed by atoms with E-state index >= 15 is 0 Å². The van der Waals surface area contributed by atoms with Gasteiger partial charge in [0, 0.05) is 13.7 Å². The molecule has 7 heteroatoms. The number of carbonyl (C=O) groups is 3. The minimum absolute atomic E-state index is 0.280. The first-order valence-electron chi connectivity index (χ1n) is 8.94. The van der Waals surface area contributed by atoms with Crippen molar-refractivity contribution in [3.8, 4) is 0 Å². The van der Waals surface area contributed by atoms with Crippen LogP contribution in [0.5, 0.6) is 0 Å². The molecule has 1 aliphatic rings. The van der Waals surface area contributed by atoms with E-state index in [2.05, 4.69) is 10.6 Å². The largest absolute Gasteiger partial charge is 0.452 e. The van der Waals surface area contributed by atoms with Crippen LogP contribution in [0.1, 0.15) is 53.9 Å². The molecule has 7 nitrogen and oxygen atoms in total. The fraction of sp³-hybridized carbons (Fsp3) is 0.526. The molecule has 1 aromatic rings. The molecule has 0 unspecified atom stereocenters. The molecule has 1 saturated carbocycles. The first kappa shape index (κ1) is 19.9. The normalized spacial score (nSPS) is 14.5. The summed E-state index contributed by atoms with van der Waals surface area (Å²) in [7, 11) is 1.51. The maximum Gasteiger partial charge on any atom is 0.338 e. The first-order valence-corrected chi connectivity index (χ1v) is 8.94. The molecule has 0 bridgehead atoms. The number of amides is 3. The van der Waals surface area contributed by atoms with Gasteiger partial charge in [0.05, 0.1) is 12.2 Å². The van der Waals surface area contributed by atoms with Crippen LogP contribution in [-0.4, -0.2) is 44.8 Å². The highest BCUT2D eigenvalue weighted by Gasteiger charge is 2.17. The summed E-state index contributed by atoms with van der Waals surface area (Å²) in [5, 5.41) is 4.51. The molecule has 0 atom stereocenters. The van der Waals surface area contributed by atoms with Gasteiger partial charge in [-0.15, -0.1) is 0 Å². The molecule has 0 saturated heterocycles. The Hall–Kier alpha value is -2.41. The van der Waals surface area contributed by atoms with Gasteiger partial charge in [-0.25, -0.2) is 9.59 Å². The molecule has 0 aromatic heterocycles. The van der Waals surface area contributed by atoms with Crippen LogP contribution in [-0.2, 0) is 14.3 Å². The number of carbonyl (C=O) groups excluding carboxylic acids is 3. The van der Waals surface area contributed by atoms with Crippen molar-refractivity contribution in [3.63, 3.8) is 0 Å². The number of ether oxygens (including phenoxy) is 2. The zero-order chi connectivity index (χ0) is 18.8. The number of rotatable bonds is 7. The summed E-state index contributed by atoms with van der Waals surface area (Å²) in [4.78, 5) is 35.0. The SMILES string of the molecule is COCCNC(=O)NC(=O)COC(=O)c1ccc(C2CCCCC2)cc1. The van der Waals surface area contributed by atoms with Crippen molar-refractivity contribution in [1.29, 1.82) is 0 Å². The van der Waals surface area contributed by atoms with Crippen molar-refractivity contribution in [1.82, 2.24) is 10.6 Å². The van der Waals surface area contributed by atoms with Gasteiger partial charge < -0.3 is 14.8 Å². The topological polar surface area (TPSA) is 93.7 Å². The fourth-order valence-corrected chi connectivity index (χ4v) is 3.02. The molecule has 0 radical (unpaired) electrons. The third kappa shape index (κ3) is 6.48. The Kier molecular flexibility index (Phi) is 8.08. The van der Waals surface area contributed by atoms with E-state index in [0.717, 1.165) is 0 Å². The molecule has 0 heterocycles. The lowest BCUT2D eigenvalue weighted by molar-refractivity contribution is -0.123. The highest BCUT2D eigenvalue weighted by molar-refractivity contribution is 5.97. The van der Waals surface area contributed by atoms with Crippen LogP contribution in [0.2, 0.25) is 0 Å². The molecule has 1 fully saturated rings. The van der Waals surface area contributed by atoms with Crippen molar-refractivity contribution < 1.29 is 23.9 Å². The van der Waals surface area contributed by atoms with Gasteiger partial charge >= 0.3 is 12.0 Å². The molecule has 1 aliphatic carbocycles. The molecule has 0 aliphatic heterocycles. The second kappa shape index (κ2) is 10.6. The third-order valence-electron chi connectivity index (χ3n) is 4.40. The van der Waals surface area contributed by atoms with Gasteiger partial charge in [0.1, 0.15) is 0 Å². The summed E-state index contributed by atoms with van der Waals surface area (Å²) in [6.07, 6.45) is 6.19.